The monoisotopic (exact) mass is 470 g/mol. The first kappa shape index (κ1) is 24.1. The SMILES string of the molecule is O=C1N[C@H]2[C@H](CS[C@H]2CCCC(C(=O)O)C(=O)CCCCCN(O)n2c(O)ccc2O)N1. The number of carbonyl (C=O) groups is 3. The topological polar surface area (TPSA) is 164 Å². The van der Waals surface area contributed by atoms with Gasteiger partial charge < -0.3 is 26.0 Å². The third-order valence-electron chi connectivity index (χ3n) is 5.93. The second kappa shape index (κ2) is 10.8. The number of nitrogens with one attached hydrogen (secondary N) is 2. The lowest BCUT2D eigenvalue weighted by Gasteiger charge is -2.19. The van der Waals surface area contributed by atoms with Crippen molar-refractivity contribution in [1.29, 1.82) is 0 Å². The highest BCUT2D eigenvalue weighted by molar-refractivity contribution is 8.00. The first-order valence-electron chi connectivity index (χ1n) is 10.8. The van der Waals surface area contributed by atoms with Gasteiger partial charge in [-0.25, -0.2) is 4.79 Å². The van der Waals surface area contributed by atoms with Gasteiger partial charge in [0.1, 0.15) is 11.7 Å². The molecule has 6 N–H and O–H groups in total. The van der Waals surface area contributed by atoms with Gasteiger partial charge in [-0.1, -0.05) is 12.8 Å². The molecule has 2 saturated heterocycles. The van der Waals surface area contributed by atoms with Crippen molar-refractivity contribution in [3.8, 4) is 11.8 Å². The maximum atomic E-state index is 12.4. The van der Waals surface area contributed by atoms with Crippen molar-refractivity contribution in [2.75, 3.05) is 17.5 Å². The Hall–Kier alpha value is -2.60. The molecule has 178 valence electrons. The molecule has 2 aliphatic heterocycles. The van der Waals surface area contributed by atoms with Crippen LogP contribution in [0.5, 0.6) is 11.8 Å². The van der Waals surface area contributed by atoms with E-state index in [2.05, 4.69) is 10.6 Å². The van der Waals surface area contributed by atoms with Crippen LogP contribution in [0.3, 0.4) is 0 Å². The number of carboxylic acids is 1. The smallest absolute Gasteiger partial charge is 0.315 e. The molecule has 1 aromatic heterocycles. The number of nitrogens with zero attached hydrogens (tertiary/aromatic N) is 2. The highest BCUT2D eigenvalue weighted by atomic mass is 32.2. The number of hydroxylamine groups is 1. The zero-order chi connectivity index (χ0) is 23.3. The third-order valence-corrected chi connectivity index (χ3v) is 7.44. The Morgan fingerprint density at radius 2 is 1.88 bits per heavy atom. The average molecular weight is 471 g/mol. The highest BCUT2D eigenvalue weighted by Crippen LogP contribution is 2.33. The summed E-state index contributed by atoms with van der Waals surface area (Å²) in [5.74, 6) is -2.21. The Balaban J connectivity index is 1.34. The average Bonchev–Trinajstić information content (AvgIpc) is 3.38. The Labute approximate surface area is 189 Å². The quantitative estimate of drug-likeness (QED) is 0.108. The van der Waals surface area contributed by atoms with Crippen LogP contribution in [0.1, 0.15) is 44.9 Å². The summed E-state index contributed by atoms with van der Waals surface area (Å²) in [6.45, 7) is 0.124. The number of unbranched alkanes of at least 4 members (excludes halogenated alkanes) is 2. The maximum Gasteiger partial charge on any atom is 0.315 e. The molecule has 4 atom stereocenters. The minimum atomic E-state index is -1.11. The number of aliphatic carboxylic acids is 1. The molecule has 32 heavy (non-hydrogen) atoms. The van der Waals surface area contributed by atoms with Crippen LogP contribution in [0.4, 0.5) is 4.79 Å². The summed E-state index contributed by atoms with van der Waals surface area (Å²) in [4.78, 5) is 35.5. The van der Waals surface area contributed by atoms with Crippen LogP contribution < -0.4 is 15.8 Å². The van der Waals surface area contributed by atoms with Crippen LogP contribution in [0.2, 0.25) is 0 Å². The van der Waals surface area contributed by atoms with Crippen molar-refractivity contribution in [3.63, 3.8) is 0 Å². The van der Waals surface area contributed by atoms with E-state index in [1.165, 1.54) is 12.1 Å². The standard InChI is InChI=1S/C20H30N4O7S/c25-14(6-2-1-3-10-23(31)24-16(26)8-9-17(24)27)12(19(28)29)5-4-7-15-18-13(11-32-15)21-20(30)22-18/h8-9,12-13,15,18,26-27,31H,1-7,10-11H2,(H,28,29)(H2,21,22,30)/t12?,13-,15-,18-/m0/s1. The molecule has 3 heterocycles. The lowest BCUT2D eigenvalue weighted by atomic mass is 9.92. The van der Waals surface area contributed by atoms with Crippen LogP contribution in [0.15, 0.2) is 12.1 Å². The molecule has 0 saturated carbocycles. The van der Waals surface area contributed by atoms with E-state index in [-0.39, 0.29) is 60.3 Å². The molecule has 12 heteroatoms. The first-order valence-corrected chi connectivity index (χ1v) is 11.8. The van der Waals surface area contributed by atoms with Gasteiger partial charge in [-0.05, 0) is 25.7 Å². The minimum absolute atomic E-state index is 0.0629. The zero-order valence-corrected chi connectivity index (χ0v) is 18.5. The number of fused-ring (bicyclic) bond motifs is 1. The zero-order valence-electron chi connectivity index (χ0n) is 17.6. The number of urea groups is 1. The molecule has 0 bridgehead atoms. The van der Waals surface area contributed by atoms with Gasteiger partial charge in [-0.3, -0.25) is 14.8 Å². The number of thioether (sulfide) groups is 1. The molecular formula is C20H30N4O7S. The fourth-order valence-electron chi connectivity index (χ4n) is 4.24. The molecule has 2 aliphatic rings. The Morgan fingerprint density at radius 1 is 1.16 bits per heavy atom. The number of aromatic hydroxyl groups is 2. The van der Waals surface area contributed by atoms with Gasteiger partial charge in [0.2, 0.25) is 11.8 Å². The van der Waals surface area contributed by atoms with E-state index in [4.69, 9.17) is 0 Å². The molecule has 1 unspecified atom stereocenters. The Bertz CT molecular complexity index is 813. The van der Waals surface area contributed by atoms with Gasteiger partial charge in [-0.15, -0.1) is 0 Å². The first-order chi connectivity index (χ1) is 15.3. The molecule has 0 aliphatic carbocycles. The van der Waals surface area contributed by atoms with Gasteiger partial charge in [0.25, 0.3) is 0 Å². The molecule has 11 nitrogen and oxygen atoms in total. The highest BCUT2D eigenvalue weighted by Gasteiger charge is 2.42. The van der Waals surface area contributed by atoms with Crippen molar-refractivity contribution in [2.24, 2.45) is 5.92 Å². The molecule has 0 aromatic carbocycles. The van der Waals surface area contributed by atoms with Crippen LogP contribution in [0.25, 0.3) is 0 Å². The largest absolute Gasteiger partial charge is 0.493 e. The summed E-state index contributed by atoms with van der Waals surface area (Å²) in [6.07, 6.45) is 3.32. The summed E-state index contributed by atoms with van der Waals surface area (Å²) in [5.41, 5.74) is 0. The van der Waals surface area contributed by atoms with Gasteiger partial charge in [0.15, 0.2) is 0 Å². The normalized spacial score (nSPS) is 22.8. The predicted molar refractivity (Wildman–Crippen MR) is 117 cm³/mol. The third kappa shape index (κ3) is 5.80. The van der Waals surface area contributed by atoms with Crippen LogP contribution in [-0.2, 0) is 9.59 Å². The lowest BCUT2D eigenvalue weighted by molar-refractivity contribution is -0.146. The second-order valence-electron chi connectivity index (χ2n) is 8.18. The van der Waals surface area contributed by atoms with Gasteiger partial charge in [0, 0.05) is 29.6 Å². The summed E-state index contributed by atoms with van der Waals surface area (Å²) in [6, 6.07) is 2.51. The second-order valence-corrected chi connectivity index (χ2v) is 9.45. The van der Waals surface area contributed by atoms with Crippen LogP contribution >= 0.6 is 11.8 Å². The number of hydrogen-bond acceptors (Lipinski definition) is 8. The fraction of sp³-hybridized carbons (Fsp3) is 0.650. The van der Waals surface area contributed by atoms with E-state index in [1.807, 2.05) is 0 Å². The molecule has 0 radical (unpaired) electrons. The number of hydrogen-bond donors (Lipinski definition) is 6. The van der Waals surface area contributed by atoms with E-state index in [1.54, 1.807) is 11.8 Å². The summed E-state index contributed by atoms with van der Waals surface area (Å²) < 4.78 is 0.851. The summed E-state index contributed by atoms with van der Waals surface area (Å²) in [5, 5.41) is 45.2. The minimum Gasteiger partial charge on any atom is -0.493 e. The number of amides is 2. The maximum absolute atomic E-state index is 12.4. The number of carbonyl (C=O) groups excluding carboxylic acids is 2. The molecule has 2 fully saturated rings. The number of Topliss-reactive ketones (excluding diaryl/α,β-unsaturated/α-hetero) is 1. The van der Waals surface area contributed by atoms with Crippen LogP contribution in [0, 0.1) is 5.92 Å². The van der Waals surface area contributed by atoms with E-state index in [9.17, 15) is 34.9 Å². The van der Waals surface area contributed by atoms with Crippen LogP contribution in [-0.4, -0.2) is 72.6 Å². The van der Waals surface area contributed by atoms with Crippen molar-refractivity contribution in [2.45, 2.75) is 62.3 Å². The number of rotatable bonds is 13. The van der Waals surface area contributed by atoms with Crippen molar-refractivity contribution < 1.29 is 34.9 Å². The van der Waals surface area contributed by atoms with Gasteiger partial charge in [0.05, 0.1) is 18.6 Å². The number of ketones is 1. The lowest BCUT2D eigenvalue weighted by Crippen LogP contribution is -2.37. The number of carboxylic acid groups (broad SMARTS) is 1. The molecular weight excluding hydrogens is 440 g/mol. The number of aromatic nitrogens is 1. The van der Waals surface area contributed by atoms with Crippen molar-refractivity contribution in [1.82, 2.24) is 15.3 Å². The Morgan fingerprint density at radius 3 is 2.56 bits per heavy atom. The molecule has 3 rings (SSSR count). The molecule has 1 aromatic rings. The van der Waals surface area contributed by atoms with E-state index < -0.39 is 11.9 Å². The van der Waals surface area contributed by atoms with Crippen molar-refractivity contribution >= 4 is 29.5 Å². The molecule has 0 spiro atoms. The van der Waals surface area contributed by atoms with E-state index >= 15 is 0 Å². The van der Waals surface area contributed by atoms with Gasteiger partial charge in [-0.2, -0.15) is 21.6 Å². The molecule has 2 amide bonds. The fourth-order valence-corrected chi connectivity index (χ4v) is 5.78. The predicted octanol–water partition coefficient (Wildman–Crippen LogP) is 1.39. The Kier molecular flexibility index (Phi) is 8.13. The van der Waals surface area contributed by atoms with E-state index in [0.29, 0.717) is 30.9 Å². The summed E-state index contributed by atoms with van der Waals surface area (Å²) >= 11 is 1.76. The van der Waals surface area contributed by atoms with Crippen molar-refractivity contribution in [3.05, 3.63) is 12.1 Å². The van der Waals surface area contributed by atoms with E-state index in [0.717, 1.165) is 16.8 Å². The summed E-state index contributed by atoms with van der Waals surface area (Å²) in [7, 11) is 0. The van der Waals surface area contributed by atoms with Gasteiger partial charge >= 0.3 is 12.0 Å².